The summed E-state index contributed by atoms with van der Waals surface area (Å²) in [7, 11) is 0. The maximum atomic E-state index is 10.7. The van der Waals surface area contributed by atoms with Crippen molar-refractivity contribution in [1.82, 2.24) is 5.32 Å². The predicted molar refractivity (Wildman–Crippen MR) is 40.9 cm³/mol. The summed E-state index contributed by atoms with van der Waals surface area (Å²) in [5, 5.41) is 11.0. The topological polar surface area (TPSA) is 66.4 Å². The summed E-state index contributed by atoms with van der Waals surface area (Å²) in [5.41, 5.74) is 0.429. The minimum absolute atomic E-state index is 0.141. The van der Waals surface area contributed by atoms with E-state index in [2.05, 4.69) is 5.32 Å². The summed E-state index contributed by atoms with van der Waals surface area (Å²) in [5.74, 6) is -0.927. The Labute approximate surface area is 67.7 Å². The van der Waals surface area contributed by atoms with E-state index in [1.54, 1.807) is 6.92 Å². The molecule has 1 aliphatic heterocycles. The standard InChI is InChI=1S/C6H7NO3S/c1-3-5(6(9)10)11-2-4(8)7-3/h2H2,1H3,(H,7,8)(H,9,10). The van der Waals surface area contributed by atoms with E-state index in [-0.39, 0.29) is 16.6 Å². The number of aliphatic carboxylic acids is 1. The van der Waals surface area contributed by atoms with E-state index in [0.717, 1.165) is 11.8 Å². The highest BCUT2D eigenvalue weighted by molar-refractivity contribution is 8.04. The number of hydrogen-bond donors (Lipinski definition) is 2. The molecule has 1 aliphatic rings. The number of hydrogen-bond acceptors (Lipinski definition) is 3. The first kappa shape index (κ1) is 8.13. The van der Waals surface area contributed by atoms with E-state index < -0.39 is 5.97 Å². The van der Waals surface area contributed by atoms with Crippen LogP contribution in [0.5, 0.6) is 0 Å². The van der Waals surface area contributed by atoms with Crippen LogP contribution in [0.3, 0.4) is 0 Å². The molecule has 1 heterocycles. The molecule has 11 heavy (non-hydrogen) atoms. The van der Waals surface area contributed by atoms with Gasteiger partial charge in [-0.05, 0) is 6.92 Å². The Kier molecular flexibility index (Phi) is 2.19. The highest BCUT2D eigenvalue weighted by atomic mass is 32.2. The van der Waals surface area contributed by atoms with Crippen molar-refractivity contribution < 1.29 is 14.7 Å². The third-order valence-corrected chi connectivity index (χ3v) is 2.39. The zero-order valence-electron chi connectivity index (χ0n) is 5.88. The van der Waals surface area contributed by atoms with Gasteiger partial charge in [0.15, 0.2) is 0 Å². The normalized spacial score (nSPS) is 18.1. The van der Waals surface area contributed by atoms with Crippen molar-refractivity contribution in [1.29, 1.82) is 0 Å². The molecule has 0 spiro atoms. The molecule has 0 atom stereocenters. The van der Waals surface area contributed by atoms with Gasteiger partial charge >= 0.3 is 5.97 Å². The largest absolute Gasteiger partial charge is 0.477 e. The van der Waals surface area contributed by atoms with Gasteiger partial charge in [0.2, 0.25) is 5.91 Å². The maximum Gasteiger partial charge on any atom is 0.343 e. The van der Waals surface area contributed by atoms with Gasteiger partial charge in [-0.1, -0.05) is 0 Å². The first-order valence-corrected chi connectivity index (χ1v) is 3.96. The molecule has 5 heteroatoms. The fourth-order valence-electron chi connectivity index (χ4n) is 0.770. The SMILES string of the molecule is CC1=C(C(=O)O)SCC(=O)N1. The van der Waals surface area contributed by atoms with Crippen molar-refractivity contribution in [2.24, 2.45) is 0 Å². The second kappa shape index (κ2) is 2.96. The number of rotatable bonds is 1. The second-order valence-electron chi connectivity index (χ2n) is 2.10. The van der Waals surface area contributed by atoms with Gasteiger partial charge in [0.25, 0.3) is 0 Å². The van der Waals surface area contributed by atoms with E-state index in [9.17, 15) is 9.59 Å². The van der Waals surface area contributed by atoms with Gasteiger partial charge in [0, 0.05) is 5.70 Å². The number of allylic oxidation sites excluding steroid dienone is 1. The van der Waals surface area contributed by atoms with Gasteiger partial charge in [0.1, 0.15) is 4.91 Å². The lowest BCUT2D eigenvalue weighted by Crippen LogP contribution is -2.29. The molecule has 0 saturated heterocycles. The van der Waals surface area contributed by atoms with Crippen LogP contribution in [0.4, 0.5) is 0 Å². The number of amides is 1. The Bertz CT molecular complexity index is 246. The molecule has 0 aliphatic carbocycles. The van der Waals surface area contributed by atoms with Gasteiger partial charge in [-0.3, -0.25) is 4.79 Å². The number of carboxylic acid groups (broad SMARTS) is 1. The van der Waals surface area contributed by atoms with Crippen LogP contribution in [0.15, 0.2) is 10.6 Å². The van der Waals surface area contributed by atoms with Crippen LogP contribution < -0.4 is 5.32 Å². The van der Waals surface area contributed by atoms with Gasteiger partial charge in [-0.25, -0.2) is 4.79 Å². The van der Waals surface area contributed by atoms with Crippen molar-refractivity contribution in [2.75, 3.05) is 5.75 Å². The van der Waals surface area contributed by atoms with Crippen LogP contribution in [0.2, 0.25) is 0 Å². The van der Waals surface area contributed by atoms with E-state index in [4.69, 9.17) is 5.11 Å². The Morgan fingerprint density at radius 1 is 1.73 bits per heavy atom. The molecule has 0 aromatic carbocycles. The third-order valence-electron chi connectivity index (χ3n) is 1.21. The zero-order chi connectivity index (χ0) is 8.43. The first-order chi connectivity index (χ1) is 5.11. The van der Waals surface area contributed by atoms with Crippen molar-refractivity contribution in [3.05, 3.63) is 10.6 Å². The van der Waals surface area contributed by atoms with Crippen LogP contribution in [-0.2, 0) is 9.59 Å². The molecule has 0 fully saturated rings. The van der Waals surface area contributed by atoms with Crippen LogP contribution in [-0.4, -0.2) is 22.7 Å². The number of thioether (sulfide) groups is 1. The molecule has 0 unspecified atom stereocenters. The lowest BCUT2D eigenvalue weighted by atomic mass is 10.4. The summed E-state index contributed by atoms with van der Waals surface area (Å²) in [4.78, 5) is 21.4. The van der Waals surface area contributed by atoms with E-state index >= 15 is 0 Å². The molecule has 1 amide bonds. The Morgan fingerprint density at radius 3 is 2.82 bits per heavy atom. The fraction of sp³-hybridized carbons (Fsp3) is 0.333. The van der Waals surface area contributed by atoms with Crippen molar-refractivity contribution >= 4 is 23.6 Å². The van der Waals surface area contributed by atoms with Crippen LogP contribution in [0, 0.1) is 0 Å². The number of carbonyl (C=O) groups excluding carboxylic acids is 1. The van der Waals surface area contributed by atoms with Crippen LogP contribution in [0.1, 0.15) is 6.92 Å². The van der Waals surface area contributed by atoms with Crippen LogP contribution in [0.25, 0.3) is 0 Å². The maximum absolute atomic E-state index is 10.7. The molecule has 0 bridgehead atoms. The Morgan fingerprint density at radius 2 is 2.36 bits per heavy atom. The smallest absolute Gasteiger partial charge is 0.343 e. The molecule has 2 N–H and O–H groups in total. The van der Waals surface area contributed by atoms with Gasteiger partial charge in [0.05, 0.1) is 5.75 Å². The number of nitrogens with one attached hydrogen (secondary N) is 1. The number of carbonyl (C=O) groups is 2. The molecular weight excluding hydrogens is 166 g/mol. The summed E-state index contributed by atoms with van der Waals surface area (Å²) in [6.45, 7) is 1.58. The highest BCUT2D eigenvalue weighted by Gasteiger charge is 2.20. The fourth-order valence-corrected chi connectivity index (χ4v) is 1.51. The molecule has 0 radical (unpaired) electrons. The molecule has 0 aromatic heterocycles. The zero-order valence-corrected chi connectivity index (χ0v) is 6.70. The van der Waals surface area contributed by atoms with Gasteiger partial charge in [-0.2, -0.15) is 0 Å². The molecular formula is C6H7NO3S. The first-order valence-electron chi connectivity index (χ1n) is 2.98. The Balaban J connectivity index is 2.86. The summed E-state index contributed by atoms with van der Waals surface area (Å²) in [6, 6.07) is 0. The molecule has 4 nitrogen and oxygen atoms in total. The average Bonchev–Trinajstić information content (AvgIpc) is 1.85. The van der Waals surface area contributed by atoms with Crippen LogP contribution >= 0.6 is 11.8 Å². The summed E-state index contributed by atoms with van der Waals surface area (Å²) in [6.07, 6.45) is 0. The van der Waals surface area contributed by atoms with E-state index in [0.29, 0.717) is 5.70 Å². The highest BCUT2D eigenvalue weighted by Crippen LogP contribution is 2.22. The van der Waals surface area contributed by atoms with Crippen molar-refractivity contribution in [3.63, 3.8) is 0 Å². The van der Waals surface area contributed by atoms with Crippen molar-refractivity contribution in [3.8, 4) is 0 Å². The van der Waals surface area contributed by atoms with Crippen molar-refractivity contribution in [2.45, 2.75) is 6.92 Å². The second-order valence-corrected chi connectivity index (χ2v) is 3.08. The molecule has 0 aromatic rings. The molecule has 0 saturated carbocycles. The molecule has 60 valence electrons. The molecule has 1 rings (SSSR count). The van der Waals surface area contributed by atoms with E-state index in [1.807, 2.05) is 0 Å². The monoisotopic (exact) mass is 173 g/mol. The Hall–Kier alpha value is -0.970. The minimum Gasteiger partial charge on any atom is -0.477 e. The predicted octanol–water partition coefficient (Wildman–Crippen LogP) is 0.165. The lowest BCUT2D eigenvalue weighted by molar-refractivity contribution is -0.131. The quantitative estimate of drug-likeness (QED) is 0.593. The summed E-state index contributed by atoms with van der Waals surface area (Å²) >= 11 is 1.06. The van der Waals surface area contributed by atoms with E-state index in [1.165, 1.54) is 0 Å². The third kappa shape index (κ3) is 1.74. The lowest BCUT2D eigenvalue weighted by Gasteiger charge is -2.14. The minimum atomic E-state index is -0.979. The van der Waals surface area contributed by atoms with Gasteiger partial charge < -0.3 is 10.4 Å². The number of carboxylic acids is 1. The van der Waals surface area contributed by atoms with Gasteiger partial charge in [-0.15, -0.1) is 11.8 Å². The summed E-state index contributed by atoms with van der Waals surface area (Å²) < 4.78 is 0. The average molecular weight is 173 g/mol.